The Kier molecular flexibility index (Phi) is 4.62. The van der Waals surface area contributed by atoms with Crippen LogP contribution in [-0.4, -0.2) is 49.9 Å². The molecule has 2 heterocycles. The molecule has 1 unspecified atom stereocenters. The predicted molar refractivity (Wildman–Crippen MR) is 82.2 cm³/mol. The van der Waals surface area contributed by atoms with Gasteiger partial charge in [-0.3, -0.25) is 4.79 Å². The molecule has 1 aromatic heterocycles. The summed E-state index contributed by atoms with van der Waals surface area (Å²) in [6.45, 7) is 6.51. The number of sulfone groups is 1. The zero-order valence-electron chi connectivity index (χ0n) is 11.9. The fourth-order valence-corrected chi connectivity index (χ4v) is 3.42. The Hall–Kier alpha value is -1.89. The van der Waals surface area contributed by atoms with Crippen molar-refractivity contribution in [2.45, 2.75) is 12.2 Å². The number of nitrogens with one attached hydrogen (secondary N) is 1. The van der Waals surface area contributed by atoms with Gasteiger partial charge in [0.25, 0.3) is 5.91 Å². The van der Waals surface area contributed by atoms with Crippen molar-refractivity contribution in [1.29, 1.82) is 0 Å². The smallest absolute Gasteiger partial charge is 0.253 e. The van der Waals surface area contributed by atoms with Crippen LogP contribution in [0, 0.1) is 0 Å². The summed E-state index contributed by atoms with van der Waals surface area (Å²) in [6, 6.07) is 3.43. The van der Waals surface area contributed by atoms with E-state index in [9.17, 15) is 13.2 Å². The van der Waals surface area contributed by atoms with Crippen molar-refractivity contribution in [2.75, 3.05) is 30.3 Å². The summed E-state index contributed by atoms with van der Waals surface area (Å²) in [5, 5.41) is 2.28. The fraction of sp³-hybridized carbons (Fsp3) is 0.429. The van der Waals surface area contributed by atoms with E-state index in [1.165, 1.54) is 6.20 Å². The van der Waals surface area contributed by atoms with Gasteiger partial charge in [0.05, 0.1) is 16.6 Å². The van der Waals surface area contributed by atoms with Crippen LogP contribution in [0.5, 0.6) is 0 Å². The summed E-state index contributed by atoms with van der Waals surface area (Å²) < 4.78 is 23.4. The van der Waals surface area contributed by atoms with E-state index >= 15 is 0 Å². The van der Waals surface area contributed by atoms with E-state index in [0.717, 1.165) is 0 Å². The van der Waals surface area contributed by atoms with Crippen molar-refractivity contribution >= 4 is 21.6 Å². The number of pyridine rings is 1. The quantitative estimate of drug-likeness (QED) is 0.825. The minimum Gasteiger partial charge on any atom is -0.354 e. The SMILES string of the molecule is C=CCNC(=O)c1ccc(N2CCS(=O)(=O)C(C)C2)nc1. The van der Waals surface area contributed by atoms with Crippen LogP contribution in [0.3, 0.4) is 0 Å². The number of carbonyl (C=O) groups excluding carboxylic acids is 1. The van der Waals surface area contributed by atoms with Crippen molar-refractivity contribution in [2.24, 2.45) is 0 Å². The maximum atomic E-state index is 11.7. The Balaban J connectivity index is 2.06. The van der Waals surface area contributed by atoms with Crippen LogP contribution in [-0.2, 0) is 9.84 Å². The molecular weight excluding hydrogens is 290 g/mol. The highest BCUT2D eigenvalue weighted by atomic mass is 32.2. The molecule has 1 N–H and O–H groups in total. The summed E-state index contributed by atoms with van der Waals surface area (Å²) in [7, 11) is -2.98. The molecular formula is C14H19N3O3S. The number of hydrogen-bond acceptors (Lipinski definition) is 5. The van der Waals surface area contributed by atoms with Crippen molar-refractivity contribution in [3.8, 4) is 0 Å². The molecule has 0 bridgehead atoms. The second-order valence-electron chi connectivity index (χ2n) is 5.03. The molecule has 2 rings (SSSR count). The summed E-state index contributed by atoms with van der Waals surface area (Å²) in [5.74, 6) is 0.623. The van der Waals surface area contributed by atoms with Crippen LogP contribution >= 0.6 is 0 Å². The minimum atomic E-state index is -2.98. The highest BCUT2D eigenvalue weighted by molar-refractivity contribution is 7.92. The van der Waals surface area contributed by atoms with Crippen molar-refractivity contribution in [3.63, 3.8) is 0 Å². The van der Waals surface area contributed by atoms with Crippen LogP contribution in [0.25, 0.3) is 0 Å². The average molecular weight is 309 g/mol. The molecule has 21 heavy (non-hydrogen) atoms. The molecule has 0 saturated carbocycles. The number of hydrogen-bond donors (Lipinski definition) is 1. The molecule has 0 spiro atoms. The first-order chi connectivity index (χ1) is 9.94. The molecule has 1 aliphatic rings. The van der Waals surface area contributed by atoms with Gasteiger partial charge in [-0.2, -0.15) is 0 Å². The van der Waals surface area contributed by atoms with Crippen LogP contribution in [0.15, 0.2) is 31.0 Å². The summed E-state index contributed by atoms with van der Waals surface area (Å²) in [6.07, 6.45) is 3.11. The lowest BCUT2D eigenvalue weighted by Gasteiger charge is -2.31. The van der Waals surface area contributed by atoms with E-state index in [1.54, 1.807) is 25.1 Å². The van der Waals surface area contributed by atoms with Gasteiger partial charge in [-0.25, -0.2) is 13.4 Å². The number of carbonyl (C=O) groups is 1. The summed E-state index contributed by atoms with van der Waals surface area (Å²) in [5.41, 5.74) is 0.471. The molecule has 7 heteroatoms. The third kappa shape index (κ3) is 3.60. The lowest BCUT2D eigenvalue weighted by Crippen LogP contribution is -2.45. The van der Waals surface area contributed by atoms with Crippen molar-refractivity contribution in [3.05, 3.63) is 36.5 Å². The van der Waals surface area contributed by atoms with Gasteiger partial charge in [-0.05, 0) is 19.1 Å². The van der Waals surface area contributed by atoms with Gasteiger partial charge in [-0.1, -0.05) is 6.08 Å². The Morgan fingerprint density at radius 1 is 1.57 bits per heavy atom. The topological polar surface area (TPSA) is 79.4 Å². The summed E-state index contributed by atoms with van der Waals surface area (Å²) in [4.78, 5) is 17.9. The Morgan fingerprint density at radius 3 is 2.90 bits per heavy atom. The van der Waals surface area contributed by atoms with Gasteiger partial charge < -0.3 is 10.2 Å². The third-order valence-corrected chi connectivity index (χ3v) is 5.60. The van der Waals surface area contributed by atoms with E-state index in [1.807, 2.05) is 4.90 Å². The molecule has 1 saturated heterocycles. The largest absolute Gasteiger partial charge is 0.354 e. The molecule has 0 aromatic carbocycles. The predicted octanol–water partition coefficient (Wildman–Crippen LogP) is 0.621. The van der Waals surface area contributed by atoms with Gasteiger partial charge in [0.15, 0.2) is 9.84 Å². The number of nitrogens with zero attached hydrogens (tertiary/aromatic N) is 2. The second-order valence-corrected chi connectivity index (χ2v) is 7.57. The Bertz CT molecular complexity index is 625. The van der Waals surface area contributed by atoms with E-state index in [2.05, 4.69) is 16.9 Å². The molecule has 1 aliphatic heterocycles. The Morgan fingerprint density at radius 2 is 2.33 bits per heavy atom. The van der Waals surface area contributed by atoms with E-state index in [4.69, 9.17) is 0 Å². The van der Waals surface area contributed by atoms with Crippen LogP contribution in [0.4, 0.5) is 5.82 Å². The molecule has 1 aromatic rings. The second kappa shape index (κ2) is 6.26. The lowest BCUT2D eigenvalue weighted by atomic mass is 10.2. The Labute approximate surface area is 124 Å². The maximum Gasteiger partial charge on any atom is 0.253 e. The normalized spacial score (nSPS) is 20.8. The van der Waals surface area contributed by atoms with Gasteiger partial charge in [-0.15, -0.1) is 6.58 Å². The van der Waals surface area contributed by atoms with Gasteiger partial charge in [0.1, 0.15) is 5.82 Å². The first-order valence-corrected chi connectivity index (χ1v) is 8.47. The van der Waals surface area contributed by atoms with E-state index in [-0.39, 0.29) is 11.7 Å². The number of aromatic nitrogens is 1. The third-order valence-electron chi connectivity index (χ3n) is 3.48. The van der Waals surface area contributed by atoms with Gasteiger partial charge >= 0.3 is 0 Å². The first kappa shape index (κ1) is 15.5. The van der Waals surface area contributed by atoms with Crippen molar-refractivity contribution < 1.29 is 13.2 Å². The standard InChI is InChI=1S/C14H19N3O3S/c1-3-6-15-14(18)12-4-5-13(16-9-12)17-7-8-21(19,20)11(2)10-17/h3-5,9,11H,1,6-8,10H2,2H3,(H,15,18). The molecule has 114 valence electrons. The van der Waals surface area contributed by atoms with Crippen LogP contribution in [0.2, 0.25) is 0 Å². The number of rotatable bonds is 4. The van der Waals surface area contributed by atoms with E-state index in [0.29, 0.717) is 31.0 Å². The number of anilines is 1. The number of amides is 1. The van der Waals surface area contributed by atoms with Crippen LogP contribution in [0.1, 0.15) is 17.3 Å². The van der Waals surface area contributed by atoms with Crippen LogP contribution < -0.4 is 10.2 Å². The van der Waals surface area contributed by atoms with Gasteiger partial charge in [0, 0.05) is 25.8 Å². The highest BCUT2D eigenvalue weighted by Gasteiger charge is 2.29. The molecule has 1 amide bonds. The molecule has 1 atom stereocenters. The minimum absolute atomic E-state index is 0.136. The molecule has 1 fully saturated rings. The fourth-order valence-electron chi connectivity index (χ4n) is 2.14. The van der Waals surface area contributed by atoms with Gasteiger partial charge in [0.2, 0.25) is 0 Å². The van der Waals surface area contributed by atoms with E-state index < -0.39 is 15.1 Å². The monoisotopic (exact) mass is 309 g/mol. The lowest BCUT2D eigenvalue weighted by molar-refractivity contribution is 0.0957. The zero-order chi connectivity index (χ0) is 15.5. The average Bonchev–Trinajstić information content (AvgIpc) is 2.48. The zero-order valence-corrected chi connectivity index (χ0v) is 12.8. The maximum absolute atomic E-state index is 11.7. The highest BCUT2D eigenvalue weighted by Crippen LogP contribution is 2.18. The molecule has 6 nitrogen and oxygen atoms in total. The summed E-state index contributed by atoms with van der Waals surface area (Å²) >= 11 is 0. The molecule has 0 radical (unpaired) electrons. The first-order valence-electron chi connectivity index (χ1n) is 6.75. The molecule has 0 aliphatic carbocycles. The van der Waals surface area contributed by atoms with Crippen molar-refractivity contribution in [1.82, 2.24) is 10.3 Å².